The van der Waals surface area contributed by atoms with E-state index in [1.165, 1.54) is 31.5 Å². The lowest BCUT2D eigenvalue weighted by molar-refractivity contribution is 0.101. The Bertz CT molecular complexity index is 906. The van der Waals surface area contributed by atoms with E-state index >= 15 is 0 Å². The fraction of sp³-hybridized carbons (Fsp3) is 0.500. The first-order valence-corrected chi connectivity index (χ1v) is 12.3. The Morgan fingerprint density at radius 1 is 0.759 bits per heavy atom. The van der Waals surface area contributed by atoms with Crippen LogP contribution in [-0.2, 0) is 10.0 Å². The molecule has 4 rings (SSSR count). The number of benzene rings is 2. The smallest absolute Gasteiger partial charge is 0.243 e. The van der Waals surface area contributed by atoms with E-state index in [0.717, 1.165) is 29.9 Å². The van der Waals surface area contributed by atoms with Gasteiger partial charge >= 0.3 is 0 Å². The van der Waals surface area contributed by atoms with Crippen molar-refractivity contribution >= 4 is 10.0 Å². The van der Waals surface area contributed by atoms with Crippen molar-refractivity contribution in [2.45, 2.75) is 50.5 Å². The van der Waals surface area contributed by atoms with Crippen LogP contribution in [0, 0.1) is 12.8 Å². The number of piperidine rings is 2. The molecular formula is C24H32N2O2S. The van der Waals surface area contributed by atoms with Crippen LogP contribution in [0.25, 0.3) is 11.1 Å². The van der Waals surface area contributed by atoms with Gasteiger partial charge in [0.05, 0.1) is 4.90 Å². The molecule has 0 N–H and O–H groups in total. The van der Waals surface area contributed by atoms with Gasteiger partial charge in [0.2, 0.25) is 10.0 Å². The van der Waals surface area contributed by atoms with Crippen molar-refractivity contribution in [2.75, 3.05) is 26.2 Å². The third-order valence-electron chi connectivity index (χ3n) is 6.64. The zero-order chi connectivity index (χ0) is 20.4. The third kappa shape index (κ3) is 4.57. The highest BCUT2D eigenvalue weighted by atomic mass is 32.2. The molecule has 2 aromatic rings. The maximum absolute atomic E-state index is 13.1. The SMILES string of the molecule is Cc1ccc(-c2ccc(S(=O)(=O)N3CCC(N4CCC(C)CC4)CC3)cc2)cc1. The van der Waals surface area contributed by atoms with Crippen molar-refractivity contribution < 1.29 is 8.42 Å². The first-order valence-electron chi connectivity index (χ1n) is 10.8. The minimum atomic E-state index is -3.42. The molecule has 2 heterocycles. The minimum Gasteiger partial charge on any atom is -0.300 e. The van der Waals surface area contributed by atoms with E-state index in [4.69, 9.17) is 0 Å². The Morgan fingerprint density at radius 2 is 1.28 bits per heavy atom. The van der Waals surface area contributed by atoms with Crippen molar-refractivity contribution in [2.24, 2.45) is 5.92 Å². The number of rotatable bonds is 4. The summed E-state index contributed by atoms with van der Waals surface area (Å²) in [7, 11) is -3.42. The van der Waals surface area contributed by atoms with E-state index in [0.29, 0.717) is 24.0 Å². The number of aryl methyl sites for hydroxylation is 1. The number of sulfonamides is 1. The molecule has 0 spiro atoms. The topological polar surface area (TPSA) is 40.6 Å². The zero-order valence-electron chi connectivity index (χ0n) is 17.5. The normalized spacial score (nSPS) is 20.8. The molecule has 0 radical (unpaired) electrons. The average molecular weight is 413 g/mol. The van der Waals surface area contributed by atoms with Gasteiger partial charge in [0.15, 0.2) is 0 Å². The van der Waals surface area contributed by atoms with E-state index in [-0.39, 0.29) is 0 Å². The summed E-state index contributed by atoms with van der Waals surface area (Å²) in [5.41, 5.74) is 3.37. The minimum absolute atomic E-state index is 0.401. The summed E-state index contributed by atoms with van der Waals surface area (Å²) in [5, 5.41) is 0. The second-order valence-electron chi connectivity index (χ2n) is 8.74. The van der Waals surface area contributed by atoms with Gasteiger partial charge in [0.25, 0.3) is 0 Å². The number of hydrogen-bond donors (Lipinski definition) is 0. The molecule has 0 aromatic heterocycles. The first-order chi connectivity index (χ1) is 13.9. The predicted molar refractivity (Wildman–Crippen MR) is 118 cm³/mol. The van der Waals surface area contributed by atoms with E-state index in [1.54, 1.807) is 16.4 Å². The van der Waals surface area contributed by atoms with Gasteiger partial charge in [-0.3, -0.25) is 0 Å². The molecule has 0 unspecified atom stereocenters. The fourth-order valence-corrected chi connectivity index (χ4v) is 6.03. The van der Waals surface area contributed by atoms with Gasteiger partial charge in [-0.2, -0.15) is 4.31 Å². The molecular weight excluding hydrogens is 380 g/mol. The molecule has 5 heteroatoms. The van der Waals surface area contributed by atoms with Crippen LogP contribution in [0.5, 0.6) is 0 Å². The molecule has 2 saturated heterocycles. The summed E-state index contributed by atoms with van der Waals surface area (Å²) < 4.78 is 27.9. The van der Waals surface area contributed by atoms with Crippen LogP contribution in [0.4, 0.5) is 0 Å². The van der Waals surface area contributed by atoms with E-state index < -0.39 is 10.0 Å². The fourth-order valence-electron chi connectivity index (χ4n) is 4.56. The quantitative estimate of drug-likeness (QED) is 0.740. The Kier molecular flexibility index (Phi) is 6.09. The Morgan fingerprint density at radius 3 is 1.83 bits per heavy atom. The third-order valence-corrected chi connectivity index (χ3v) is 8.55. The Balaban J connectivity index is 1.40. The lowest BCUT2D eigenvalue weighted by Crippen LogP contribution is -2.48. The number of nitrogens with zero attached hydrogens (tertiary/aromatic N) is 2. The largest absolute Gasteiger partial charge is 0.300 e. The monoisotopic (exact) mass is 412 g/mol. The maximum atomic E-state index is 13.1. The average Bonchev–Trinajstić information content (AvgIpc) is 2.75. The van der Waals surface area contributed by atoms with Crippen LogP contribution in [0.2, 0.25) is 0 Å². The van der Waals surface area contributed by atoms with Crippen molar-refractivity contribution in [3.63, 3.8) is 0 Å². The molecule has 0 atom stereocenters. The van der Waals surface area contributed by atoms with E-state index in [1.807, 2.05) is 12.1 Å². The molecule has 4 nitrogen and oxygen atoms in total. The molecule has 2 aliphatic rings. The van der Waals surface area contributed by atoms with Crippen LogP contribution in [-0.4, -0.2) is 49.8 Å². The van der Waals surface area contributed by atoms with Crippen LogP contribution < -0.4 is 0 Å². The number of likely N-dealkylation sites (tertiary alicyclic amines) is 1. The zero-order valence-corrected chi connectivity index (χ0v) is 18.4. The molecule has 156 valence electrons. The van der Waals surface area contributed by atoms with Crippen LogP contribution in [0.1, 0.15) is 38.2 Å². The molecule has 2 fully saturated rings. The van der Waals surface area contributed by atoms with Crippen molar-refractivity contribution in [3.8, 4) is 11.1 Å². The number of hydrogen-bond acceptors (Lipinski definition) is 3. The highest BCUT2D eigenvalue weighted by molar-refractivity contribution is 7.89. The summed E-state index contributed by atoms with van der Waals surface area (Å²) in [6.07, 6.45) is 4.42. The highest BCUT2D eigenvalue weighted by Crippen LogP contribution is 2.28. The molecule has 0 amide bonds. The second kappa shape index (κ2) is 8.58. The van der Waals surface area contributed by atoms with Gasteiger partial charge in [-0.05, 0) is 74.9 Å². The van der Waals surface area contributed by atoms with Crippen LogP contribution in [0.3, 0.4) is 0 Å². The standard InChI is InChI=1S/C24H32N2O2S/c1-19-3-5-21(6-4-19)22-7-9-24(10-8-22)29(27,28)26-17-13-23(14-18-26)25-15-11-20(2)12-16-25/h3-10,20,23H,11-18H2,1-2H3. The Hall–Kier alpha value is -1.69. The molecule has 2 aliphatic heterocycles. The van der Waals surface area contributed by atoms with Gasteiger partial charge in [0, 0.05) is 19.1 Å². The summed E-state index contributed by atoms with van der Waals surface area (Å²) in [4.78, 5) is 2.99. The summed E-state index contributed by atoms with van der Waals surface area (Å²) in [6.45, 7) is 7.97. The van der Waals surface area contributed by atoms with Crippen molar-refractivity contribution in [1.29, 1.82) is 0 Å². The predicted octanol–water partition coefficient (Wildman–Crippen LogP) is 4.55. The molecule has 29 heavy (non-hydrogen) atoms. The second-order valence-corrected chi connectivity index (χ2v) is 10.7. The van der Waals surface area contributed by atoms with E-state index in [2.05, 4.69) is 43.0 Å². The summed E-state index contributed by atoms with van der Waals surface area (Å²) >= 11 is 0. The summed E-state index contributed by atoms with van der Waals surface area (Å²) in [6, 6.07) is 16.2. The van der Waals surface area contributed by atoms with Gasteiger partial charge in [-0.25, -0.2) is 8.42 Å². The maximum Gasteiger partial charge on any atom is 0.243 e. The lowest BCUT2D eigenvalue weighted by atomic mass is 9.95. The van der Waals surface area contributed by atoms with Crippen LogP contribution >= 0.6 is 0 Å². The lowest BCUT2D eigenvalue weighted by Gasteiger charge is -2.41. The van der Waals surface area contributed by atoms with Crippen LogP contribution in [0.15, 0.2) is 53.4 Å². The Labute approximate surface area is 175 Å². The van der Waals surface area contributed by atoms with Gasteiger partial charge in [-0.1, -0.05) is 48.9 Å². The first kappa shape index (κ1) is 20.6. The van der Waals surface area contributed by atoms with Gasteiger partial charge in [0.1, 0.15) is 0 Å². The van der Waals surface area contributed by atoms with Crippen molar-refractivity contribution in [3.05, 3.63) is 54.1 Å². The van der Waals surface area contributed by atoms with Gasteiger partial charge < -0.3 is 4.90 Å². The van der Waals surface area contributed by atoms with Crippen molar-refractivity contribution in [1.82, 2.24) is 9.21 Å². The molecule has 0 saturated carbocycles. The molecule has 2 aromatic carbocycles. The molecule has 0 aliphatic carbocycles. The highest BCUT2D eigenvalue weighted by Gasteiger charge is 2.32. The van der Waals surface area contributed by atoms with Gasteiger partial charge in [-0.15, -0.1) is 0 Å². The molecule has 0 bridgehead atoms. The van der Waals surface area contributed by atoms with E-state index in [9.17, 15) is 8.42 Å². The summed E-state index contributed by atoms with van der Waals surface area (Å²) in [5.74, 6) is 0.828.